The van der Waals surface area contributed by atoms with E-state index >= 15 is 0 Å². The molecule has 1 aliphatic carbocycles. The molecular formula is C22H28N2O3. The van der Waals surface area contributed by atoms with Gasteiger partial charge in [0.05, 0.1) is 11.9 Å². The Morgan fingerprint density at radius 1 is 1.22 bits per heavy atom. The van der Waals surface area contributed by atoms with Crippen molar-refractivity contribution in [3.05, 3.63) is 59.4 Å². The van der Waals surface area contributed by atoms with Crippen molar-refractivity contribution in [3.63, 3.8) is 0 Å². The van der Waals surface area contributed by atoms with Gasteiger partial charge in [-0.15, -0.1) is 0 Å². The predicted octanol–water partition coefficient (Wildman–Crippen LogP) is 3.54. The zero-order chi connectivity index (χ0) is 19.4. The maximum Gasteiger partial charge on any atom is 0.220 e. The van der Waals surface area contributed by atoms with E-state index in [-0.39, 0.29) is 23.6 Å². The molecule has 1 atom stereocenters. The minimum absolute atomic E-state index is 0.0567. The van der Waals surface area contributed by atoms with Gasteiger partial charge in [-0.05, 0) is 56.2 Å². The Bertz CT molecular complexity index is 763. The largest absolute Gasteiger partial charge is 0.506 e. The molecule has 1 saturated carbocycles. The van der Waals surface area contributed by atoms with Crippen LogP contribution in [0.25, 0.3) is 0 Å². The third kappa shape index (κ3) is 4.86. The van der Waals surface area contributed by atoms with Crippen LogP contribution in [0.1, 0.15) is 61.8 Å². The topological polar surface area (TPSA) is 82.5 Å². The van der Waals surface area contributed by atoms with Crippen molar-refractivity contribution in [2.75, 3.05) is 0 Å². The average Bonchev–Trinajstić information content (AvgIpc) is 2.64. The van der Waals surface area contributed by atoms with E-state index in [2.05, 4.69) is 48.4 Å². The van der Waals surface area contributed by atoms with Crippen LogP contribution in [-0.2, 0) is 10.4 Å². The second kappa shape index (κ2) is 8.09. The summed E-state index contributed by atoms with van der Waals surface area (Å²) in [6.07, 6.45) is 4.33. The van der Waals surface area contributed by atoms with Crippen LogP contribution in [0.4, 0.5) is 0 Å². The quantitative estimate of drug-likeness (QED) is 0.754. The van der Waals surface area contributed by atoms with Crippen molar-refractivity contribution in [2.24, 2.45) is 0 Å². The summed E-state index contributed by atoms with van der Waals surface area (Å²) in [6.45, 7) is 4.12. The second-order valence-corrected chi connectivity index (χ2v) is 7.79. The molecular weight excluding hydrogens is 340 g/mol. The van der Waals surface area contributed by atoms with Crippen molar-refractivity contribution >= 4 is 5.91 Å². The van der Waals surface area contributed by atoms with E-state index in [1.165, 1.54) is 17.3 Å². The normalized spacial score (nSPS) is 23.6. The van der Waals surface area contributed by atoms with E-state index in [1.807, 2.05) is 0 Å². The van der Waals surface area contributed by atoms with Crippen LogP contribution in [-0.4, -0.2) is 27.1 Å². The van der Waals surface area contributed by atoms with Gasteiger partial charge in [0, 0.05) is 12.5 Å². The number of benzene rings is 1. The van der Waals surface area contributed by atoms with Gasteiger partial charge in [-0.2, -0.15) is 0 Å². The Morgan fingerprint density at radius 3 is 2.48 bits per heavy atom. The van der Waals surface area contributed by atoms with Gasteiger partial charge in [0.15, 0.2) is 0 Å². The predicted molar refractivity (Wildman–Crippen MR) is 104 cm³/mol. The van der Waals surface area contributed by atoms with Crippen molar-refractivity contribution in [1.29, 1.82) is 0 Å². The Kier molecular flexibility index (Phi) is 5.80. The highest BCUT2D eigenvalue weighted by molar-refractivity contribution is 5.77. The number of aromatic hydroxyl groups is 1. The summed E-state index contributed by atoms with van der Waals surface area (Å²) in [7, 11) is 0. The summed E-state index contributed by atoms with van der Waals surface area (Å²) in [6, 6.07) is 11.6. The SMILES string of the molecule is Cc1ccc(C(C)CC(=O)NC2CCC(O)(c3ccc(O)cn3)CC2)cc1. The Balaban J connectivity index is 1.50. The van der Waals surface area contributed by atoms with E-state index in [9.17, 15) is 15.0 Å². The molecule has 1 amide bonds. The molecule has 1 aromatic carbocycles. The van der Waals surface area contributed by atoms with Crippen molar-refractivity contribution in [2.45, 2.75) is 63.5 Å². The molecule has 0 radical (unpaired) electrons. The molecule has 0 bridgehead atoms. The number of aromatic nitrogens is 1. The van der Waals surface area contributed by atoms with Crippen LogP contribution in [0.15, 0.2) is 42.6 Å². The second-order valence-electron chi connectivity index (χ2n) is 7.79. The van der Waals surface area contributed by atoms with Crippen LogP contribution < -0.4 is 5.32 Å². The fraction of sp³-hybridized carbons (Fsp3) is 0.455. The number of carbonyl (C=O) groups excluding carboxylic acids is 1. The lowest BCUT2D eigenvalue weighted by Gasteiger charge is -2.36. The number of hydrogen-bond donors (Lipinski definition) is 3. The number of rotatable bonds is 5. The zero-order valence-corrected chi connectivity index (χ0v) is 16.0. The average molecular weight is 368 g/mol. The minimum Gasteiger partial charge on any atom is -0.506 e. The van der Waals surface area contributed by atoms with Gasteiger partial charge in [0.1, 0.15) is 11.4 Å². The van der Waals surface area contributed by atoms with E-state index < -0.39 is 5.60 Å². The third-order valence-electron chi connectivity index (χ3n) is 5.54. The molecule has 1 heterocycles. The van der Waals surface area contributed by atoms with Gasteiger partial charge in [0.25, 0.3) is 0 Å². The fourth-order valence-corrected chi connectivity index (χ4v) is 3.73. The lowest BCUT2D eigenvalue weighted by molar-refractivity contribution is -0.123. The van der Waals surface area contributed by atoms with E-state index in [1.54, 1.807) is 12.1 Å². The molecule has 144 valence electrons. The van der Waals surface area contributed by atoms with E-state index in [0.29, 0.717) is 37.8 Å². The van der Waals surface area contributed by atoms with Crippen molar-refractivity contribution in [1.82, 2.24) is 10.3 Å². The molecule has 5 heteroatoms. The maximum atomic E-state index is 12.4. The number of carbonyl (C=O) groups is 1. The summed E-state index contributed by atoms with van der Waals surface area (Å²) in [5.74, 6) is 0.319. The van der Waals surface area contributed by atoms with Crippen molar-refractivity contribution < 1.29 is 15.0 Å². The molecule has 0 saturated heterocycles. The third-order valence-corrected chi connectivity index (χ3v) is 5.54. The van der Waals surface area contributed by atoms with Gasteiger partial charge in [-0.3, -0.25) is 9.78 Å². The molecule has 1 fully saturated rings. The summed E-state index contributed by atoms with van der Waals surface area (Å²) in [5, 5.41) is 23.3. The van der Waals surface area contributed by atoms with Gasteiger partial charge >= 0.3 is 0 Å². The first-order chi connectivity index (χ1) is 12.9. The number of pyridine rings is 1. The first-order valence-corrected chi connectivity index (χ1v) is 9.59. The van der Waals surface area contributed by atoms with Gasteiger partial charge in [-0.25, -0.2) is 0 Å². The molecule has 1 unspecified atom stereocenters. The fourth-order valence-electron chi connectivity index (χ4n) is 3.73. The van der Waals surface area contributed by atoms with Gasteiger partial charge in [0.2, 0.25) is 5.91 Å². The molecule has 27 heavy (non-hydrogen) atoms. The number of hydrogen-bond acceptors (Lipinski definition) is 4. The Hall–Kier alpha value is -2.40. The lowest BCUT2D eigenvalue weighted by Crippen LogP contribution is -2.42. The van der Waals surface area contributed by atoms with Crippen LogP contribution in [0.5, 0.6) is 5.75 Å². The first kappa shape index (κ1) is 19.4. The van der Waals surface area contributed by atoms with Crippen LogP contribution >= 0.6 is 0 Å². The molecule has 5 nitrogen and oxygen atoms in total. The summed E-state index contributed by atoms with van der Waals surface area (Å²) < 4.78 is 0. The van der Waals surface area contributed by atoms with Crippen molar-refractivity contribution in [3.8, 4) is 5.75 Å². The minimum atomic E-state index is -0.982. The summed E-state index contributed by atoms with van der Waals surface area (Å²) >= 11 is 0. The molecule has 1 aromatic heterocycles. The zero-order valence-electron chi connectivity index (χ0n) is 16.0. The Labute approximate surface area is 160 Å². The molecule has 1 aliphatic rings. The smallest absolute Gasteiger partial charge is 0.220 e. The Morgan fingerprint density at radius 2 is 1.89 bits per heavy atom. The highest BCUT2D eigenvalue weighted by Gasteiger charge is 2.36. The highest BCUT2D eigenvalue weighted by Crippen LogP contribution is 2.36. The van der Waals surface area contributed by atoms with Gasteiger partial charge < -0.3 is 15.5 Å². The standard InChI is InChI=1S/C22H28N2O3/c1-15-3-5-17(6-4-15)16(2)13-21(26)24-18-9-11-22(27,12-10-18)20-8-7-19(25)14-23-20/h3-8,14,16,18,25,27H,9-13H2,1-2H3,(H,24,26). The number of aliphatic hydroxyl groups is 1. The maximum absolute atomic E-state index is 12.4. The van der Waals surface area contributed by atoms with Crippen LogP contribution in [0.2, 0.25) is 0 Å². The van der Waals surface area contributed by atoms with E-state index in [0.717, 1.165) is 0 Å². The first-order valence-electron chi connectivity index (χ1n) is 9.59. The summed E-state index contributed by atoms with van der Waals surface area (Å²) in [4.78, 5) is 16.6. The van der Waals surface area contributed by atoms with Crippen LogP contribution in [0.3, 0.4) is 0 Å². The molecule has 3 rings (SSSR count). The monoisotopic (exact) mass is 368 g/mol. The molecule has 0 spiro atoms. The van der Waals surface area contributed by atoms with E-state index in [4.69, 9.17) is 0 Å². The number of nitrogens with zero attached hydrogens (tertiary/aromatic N) is 1. The number of amides is 1. The lowest BCUT2D eigenvalue weighted by atomic mass is 9.79. The molecule has 2 aromatic rings. The van der Waals surface area contributed by atoms with Gasteiger partial charge in [-0.1, -0.05) is 36.8 Å². The van der Waals surface area contributed by atoms with Crippen LogP contribution in [0, 0.1) is 6.92 Å². The summed E-state index contributed by atoms with van der Waals surface area (Å²) in [5.41, 5.74) is 1.99. The number of aryl methyl sites for hydroxylation is 1. The number of nitrogens with one attached hydrogen (secondary N) is 1. The molecule has 0 aliphatic heterocycles. The highest BCUT2D eigenvalue weighted by atomic mass is 16.3. The molecule has 3 N–H and O–H groups in total.